The van der Waals surface area contributed by atoms with Gasteiger partial charge in [-0.2, -0.15) is 5.10 Å². The smallest absolute Gasteiger partial charge is 0.168 e. The maximum absolute atomic E-state index is 4.54. The molecule has 3 aromatic rings. The van der Waals surface area contributed by atoms with Crippen molar-refractivity contribution in [1.82, 2.24) is 24.1 Å². The second-order valence-corrected chi connectivity index (χ2v) is 4.69. The van der Waals surface area contributed by atoms with E-state index in [0.29, 0.717) is 0 Å². The van der Waals surface area contributed by atoms with E-state index in [-0.39, 0.29) is 0 Å². The van der Waals surface area contributed by atoms with Crippen LogP contribution in [0.1, 0.15) is 31.0 Å². The van der Waals surface area contributed by atoms with Gasteiger partial charge in [0.2, 0.25) is 0 Å². The average Bonchev–Trinajstić information content (AvgIpc) is 2.93. The molecule has 5 nitrogen and oxygen atoms in total. The predicted octanol–water partition coefficient (Wildman–Crippen LogP) is 2.50. The number of aromatic nitrogens is 5. The number of aryl methyl sites for hydroxylation is 2. The summed E-state index contributed by atoms with van der Waals surface area (Å²) in [5, 5.41) is 5.27. The molecule has 0 N–H and O–H groups in total. The Labute approximate surface area is 105 Å². The normalized spacial score (nSPS) is 11.7. The number of rotatable bonds is 3. The maximum atomic E-state index is 4.54. The molecule has 3 heterocycles. The standard InChI is InChI=1S/C13H17N5/c1-4-5-6-17-10(3)9(2)11-12(17)15-8-18-13(11)14-7-16-18/h7-8H,4-6H2,1-3H3. The summed E-state index contributed by atoms with van der Waals surface area (Å²) in [5.74, 6) is 0. The van der Waals surface area contributed by atoms with E-state index in [0.717, 1.165) is 23.2 Å². The van der Waals surface area contributed by atoms with Crippen molar-refractivity contribution in [3.8, 4) is 0 Å². The Morgan fingerprint density at radius 3 is 2.78 bits per heavy atom. The van der Waals surface area contributed by atoms with Gasteiger partial charge in [-0.15, -0.1) is 0 Å². The Balaban J connectivity index is 2.33. The molecule has 0 aliphatic heterocycles. The fraction of sp³-hybridized carbons (Fsp3) is 0.462. The summed E-state index contributed by atoms with van der Waals surface area (Å²) in [7, 11) is 0. The van der Waals surface area contributed by atoms with Crippen molar-refractivity contribution in [2.45, 2.75) is 40.2 Å². The fourth-order valence-electron chi connectivity index (χ4n) is 2.46. The minimum Gasteiger partial charge on any atom is -0.329 e. The maximum Gasteiger partial charge on any atom is 0.168 e. The minimum absolute atomic E-state index is 0.899. The molecule has 3 aromatic heterocycles. The van der Waals surface area contributed by atoms with Gasteiger partial charge in [0.05, 0.1) is 5.39 Å². The van der Waals surface area contributed by atoms with Crippen molar-refractivity contribution in [2.75, 3.05) is 0 Å². The summed E-state index contributed by atoms with van der Waals surface area (Å²) < 4.78 is 4.03. The summed E-state index contributed by atoms with van der Waals surface area (Å²) in [6.07, 6.45) is 5.68. The van der Waals surface area contributed by atoms with E-state index in [1.54, 1.807) is 17.2 Å². The largest absolute Gasteiger partial charge is 0.329 e. The first-order valence-corrected chi connectivity index (χ1v) is 6.37. The van der Waals surface area contributed by atoms with Crippen LogP contribution in [0.3, 0.4) is 0 Å². The van der Waals surface area contributed by atoms with Crippen LogP contribution in [0.25, 0.3) is 16.7 Å². The van der Waals surface area contributed by atoms with E-state index in [2.05, 4.69) is 40.4 Å². The molecule has 0 aliphatic carbocycles. The van der Waals surface area contributed by atoms with Crippen LogP contribution in [-0.2, 0) is 6.54 Å². The number of hydrogen-bond acceptors (Lipinski definition) is 3. The predicted molar refractivity (Wildman–Crippen MR) is 70.7 cm³/mol. The first kappa shape index (κ1) is 11.2. The third-order valence-electron chi connectivity index (χ3n) is 3.62. The Hall–Kier alpha value is -1.91. The van der Waals surface area contributed by atoms with Gasteiger partial charge in [-0.05, 0) is 25.8 Å². The second kappa shape index (κ2) is 4.08. The Morgan fingerprint density at radius 2 is 2.00 bits per heavy atom. The molecule has 0 amide bonds. The highest BCUT2D eigenvalue weighted by atomic mass is 15.3. The van der Waals surface area contributed by atoms with Crippen LogP contribution in [0.4, 0.5) is 0 Å². The zero-order chi connectivity index (χ0) is 12.7. The molecule has 18 heavy (non-hydrogen) atoms. The van der Waals surface area contributed by atoms with Crippen molar-refractivity contribution >= 4 is 16.7 Å². The summed E-state index contributed by atoms with van der Waals surface area (Å²) in [4.78, 5) is 8.88. The third-order valence-corrected chi connectivity index (χ3v) is 3.62. The van der Waals surface area contributed by atoms with E-state index in [9.17, 15) is 0 Å². The lowest BCUT2D eigenvalue weighted by molar-refractivity contribution is 0.631. The highest BCUT2D eigenvalue weighted by Crippen LogP contribution is 2.26. The quantitative estimate of drug-likeness (QED) is 0.710. The van der Waals surface area contributed by atoms with E-state index in [1.165, 1.54) is 24.1 Å². The van der Waals surface area contributed by atoms with Gasteiger partial charge < -0.3 is 4.57 Å². The summed E-state index contributed by atoms with van der Waals surface area (Å²) in [6, 6.07) is 0. The topological polar surface area (TPSA) is 48.0 Å². The molecule has 0 unspecified atom stereocenters. The molecule has 94 valence electrons. The first-order valence-electron chi connectivity index (χ1n) is 6.37. The van der Waals surface area contributed by atoms with E-state index < -0.39 is 0 Å². The second-order valence-electron chi connectivity index (χ2n) is 4.69. The SMILES string of the molecule is CCCCn1c(C)c(C)c2c1ncn1ncnc21. The van der Waals surface area contributed by atoms with Crippen LogP contribution >= 0.6 is 0 Å². The highest BCUT2D eigenvalue weighted by Gasteiger charge is 2.15. The fourth-order valence-corrected chi connectivity index (χ4v) is 2.46. The molecule has 0 radical (unpaired) electrons. The van der Waals surface area contributed by atoms with E-state index in [4.69, 9.17) is 0 Å². The minimum atomic E-state index is 0.899. The summed E-state index contributed by atoms with van der Waals surface area (Å²) in [6.45, 7) is 7.51. The van der Waals surface area contributed by atoms with Crippen LogP contribution in [0, 0.1) is 13.8 Å². The van der Waals surface area contributed by atoms with Gasteiger partial charge in [-0.1, -0.05) is 13.3 Å². The van der Waals surface area contributed by atoms with Crippen LogP contribution < -0.4 is 0 Å². The number of fused-ring (bicyclic) bond motifs is 3. The first-order chi connectivity index (χ1) is 8.74. The van der Waals surface area contributed by atoms with Crippen LogP contribution in [0.5, 0.6) is 0 Å². The molecule has 5 heteroatoms. The Bertz CT molecular complexity index is 707. The molecule has 0 aliphatic rings. The van der Waals surface area contributed by atoms with Crippen molar-refractivity contribution in [2.24, 2.45) is 0 Å². The summed E-state index contributed by atoms with van der Waals surface area (Å²) >= 11 is 0. The molecule has 0 aromatic carbocycles. The van der Waals surface area contributed by atoms with Crippen LogP contribution in [0.15, 0.2) is 12.7 Å². The van der Waals surface area contributed by atoms with Gasteiger partial charge >= 0.3 is 0 Å². The molecule has 0 bridgehead atoms. The zero-order valence-corrected chi connectivity index (χ0v) is 11.0. The molecular formula is C13H17N5. The molecular weight excluding hydrogens is 226 g/mol. The number of hydrogen-bond donors (Lipinski definition) is 0. The van der Waals surface area contributed by atoms with E-state index >= 15 is 0 Å². The lowest BCUT2D eigenvalue weighted by Crippen LogP contribution is -2.01. The number of nitrogens with zero attached hydrogens (tertiary/aromatic N) is 5. The van der Waals surface area contributed by atoms with Crippen molar-refractivity contribution in [3.05, 3.63) is 23.9 Å². The lowest BCUT2D eigenvalue weighted by atomic mass is 10.2. The van der Waals surface area contributed by atoms with Gasteiger partial charge in [0.1, 0.15) is 18.3 Å². The molecule has 0 spiro atoms. The molecule has 0 atom stereocenters. The number of unbranched alkanes of at least 4 members (excludes halogenated alkanes) is 1. The van der Waals surface area contributed by atoms with E-state index in [1.807, 2.05) is 0 Å². The Kier molecular flexibility index (Phi) is 2.54. The van der Waals surface area contributed by atoms with Gasteiger partial charge in [0.25, 0.3) is 0 Å². The molecule has 3 rings (SSSR count). The van der Waals surface area contributed by atoms with Crippen molar-refractivity contribution in [3.63, 3.8) is 0 Å². The summed E-state index contributed by atoms with van der Waals surface area (Å²) in [5.41, 5.74) is 4.46. The van der Waals surface area contributed by atoms with Crippen molar-refractivity contribution < 1.29 is 0 Å². The Morgan fingerprint density at radius 1 is 1.17 bits per heavy atom. The molecule has 0 saturated carbocycles. The zero-order valence-electron chi connectivity index (χ0n) is 11.0. The third kappa shape index (κ3) is 1.43. The van der Waals surface area contributed by atoms with Gasteiger partial charge in [0.15, 0.2) is 5.65 Å². The highest BCUT2D eigenvalue weighted by molar-refractivity contribution is 5.93. The van der Waals surface area contributed by atoms with Gasteiger partial charge in [-0.3, -0.25) is 0 Å². The van der Waals surface area contributed by atoms with Crippen LogP contribution in [0.2, 0.25) is 0 Å². The molecule has 0 saturated heterocycles. The average molecular weight is 243 g/mol. The monoisotopic (exact) mass is 243 g/mol. The lowest BCUT2D eigenvalue weighted by Gasteiger charge is -2.06. The van der Waals surface area contributed by atoms with Crippen LogP contribution in [-0.4, -0.2) is 24.1 Å². The van der Waals surface area contributed by atoms with Gasteiger partial charge in [-0.25, -0.2) is 14.5 Å². The van der Waals surface area contributed by atoms with Gasteiger partial charge in [0, 0.05) is 12.2 Å². The molecule has 0 fully saturated rings. The van der Waals surface area contributed by atoms with Crippen molar-refractivity contribution in [1.29, 1.82) is 0 Å².